The van der Waals surface area contributed by atoms with E-state index in [1.807, 2.05) is 0 Å². The minimum absolute atomic E-state index is 0.117. The Balaban J connectivity index is 0.770. The highest BCUT2D eigenvalue weighted by Gasteiger charge is 2.38. The maximum absolute atomic E-state index is 6.18. The molecule has 6 aliphatic rings. The summed E-state index contributed by atoms with van der Waals surface area (Å²) in [6, 6.07) is 15.1. The van der Waals surface area contributed by atoms with Gasteiger partial charge in [-0.15, -0.1) is 0 Å². The van der Waals surface area contributed by atoms with E-state index >= 15 is 0 Å². The summed E-state index contributed by atoms with van der Waals surface area (Å²) in [6.07, 6.45) is 26.4. The predicted molar refractivity (Wildman–Crippen MR) is 267 cm³/mol. The third kappa shape index (κ3) is 13.0. The SMILES string of the molecule is CC(C)C[C@@H]1CN(CCCC[SiH3])C(=S)N1CC1CCC(CC2CCC(C3=NCC([SiH2]CCCCN4C[C@@H](c5ccccc5)N(CCC5CCCCC5)C4=S)CN3)C2)CC1. The molecule has 59 heavy (non-hydrogen) atoms. The van der Waals surface area contributed by atoms with Crippen molar-refractivity contribution < 1.29 is 0 Å². The van der Waals surface area contributed by atoms with Crippen molar-refractivity contribution in [2.24, 2.45) is 40.5 Å². The Kier molecular flexibility index (Phi) is 17.9. The topological polar surface area (TPSA) is 37.4 Å². The second-order valence-electron chi connectivity index (χ2n) is 20.8. The van der Waals surface area contributed by atoms with Gasteiger partial charge in [0.1, 0.15) is 0 Å². The number of unbranched alkanes of at least 4 members (excludes halogenated alkanes) is 2. The molecule has 7 rings (SSSR count). The first-order valence-corrected chi connectivity index (χ1v) is 29.3. The summed E-state index contributed by atoms with van der Waals surface area (Å²) in [5.74, 6) is 6.39. The van der Waals surface area contributed by atoms with Gasteiger partial charge in [-0.2, -0.15) is 0 Å². The van der Waals surface area contributed by atoms with Crippen molar-refractivity contribution >= 4 is 60.3 Å². The Morgan fingerprint density at radius 2 is 1.49 bits per heavy atom. The lowest BCUT2D eigenvalue weighted by molar-refractivity contribution is 0.189. The number of rotatable bonds is 21. The van der Waals surface area contributed by atoms with Crippen molar-refractivity contribution in [1.29, 1.82) is 0 Å². The number of hydrogen-bond donors (Lipinski definition) is 1. The van der Waals surface area contributed by atoms with E-state index in [0.29, 0.717) is 18.0 Å². The Morgan fingerprint density at radius 1 is 0.780 bits per heavy atom. The highest BCUT2D eigenvalue weighted by Crippen LogP contribution is 2.41. The first-order valence-electron chi connectivity index (χ1n) is 25.3. The molecule has 1 N–H and O–H groups in total. The van der Waals surface area contributed by atoms with Gasteiger partial charge in [-0.3, -0.25) is 4.99 Å². The average molecular weight is 878 g/mol. The van der Waals surface area contributed by atoms with E-state index in [9.17, 15) is 0 Å². The van der Waals surface area contributed by atoms with Gasteiger partial charge in [0.2, 0.25) is 0 Å². The molecule has 3 unspecified atom stereocenters. The number of nitrogens with one attached hydrogen (secondary N) is 1. The molecule has 0 radical (unpaired) electrons. The third-order valence-corrected chi connectivity index (χ3v) is 19.7. The van der Waals surface area contributed by atoms with Crippen molar-refractivity contribution in [3.8, 4) is 0 Å². The van der Waals surface area contributed by atoms with Crippen molar-refractivity contribution in [3.05, 3.63) is 35.9 Å². The van der Waals surface area contributed by atoms with E-state index < -0.39 is 0 Å². The molecule has 6 nitrogen and oxygen atoms in total. The zero-order valence-electron chi connectivity index (χ0n) is 37.8. The Morgan fingerprint density at radius 3 is 2.22 bits per heavy atom. The molecule has 3 aliphatic carbocycles. The van der Waals surface area contributed by atoms with E-state index in [-0.39, 0.29) is 9.52 Å². The molecule has 3 saturated carbocycles. The summed E-state index contributed by atoms with van der Waals surface area (Å²) in [5, 5.41) is 6.20. The van der Waals surface area contributed by atoms with E-state index in [2.05, 4.69) is 69.1 Å². The molecular weight excluding hydrogens is 793 g/mol. The summed E-state index contributed by atoms with van der Waals surface area (Å²) in [7, 11) is 1.21. The summed E-state index contributed by atoms with van der Waals surface area (Å²) in [5.41, 5.74) is 2.27. The molecule has 3 heterocycles. The maximum atomic E-state index is 6.18. The van der Waals surface area contributed by atoms with E-state index in [0.717, 1.165) is 66.4 Å². The van der Waals surface area contributed by atoms with Crippen LogP contribution in [0.2, 0.25) is 17.6 Å². The lowest BCUT2D eigenvalue weighted by atomic mass is 9.77. The quantitative estimate of drug-likeness (QED) is 0.0751. The standard InChI is InChI=1S/C49H84N6S2Si2/c1-37(2)29-44-35-52(24-9-11-27-58)49(57)55(44)34-40-19-17-39(18-20-40)30-41-21-22-43(31-41)47-50-32-45(33-51-47)59-28-12-10-25-53-36-46(42-15-7-4-8-16-42)54(48(53)56)26-23-38-13-5-3-6-14-38/h4,7-8,15-16,37-41,43-46H,3,5-6,9-14,17-36,59H2,1-2,58H3,(H,50,51)/t39?,40?,41?,43?,44-,46+/m1/s1. The fraction of sp³-hybridized carbons (Fsp3) is 0.816. The van der Waals surface area contributed by atoms with Crippen LogP contribution < -0.4 is 5.32 Å². The van der Waals surface area contributed by atoms with Crippen LogP contribution in [0.4, 0.5) is 0 Å². The second-order valence-corrected chi connectivity index (χ2v) is 25.0. The predicted octanol–water partition coefficient (Wildman–Crippen LogP) is 9.25. The van der Waals surface area contributed by atoms with Crippen LogP contribution in [0.1, 0.15) is 147 Å². The normalized spacial score (nSPS) is 29.8. The highest BCUT2D eigenvalue weighted by molar-refractivity contribution is 7.80. The Labute approximate surface area is 377 Å². The first kappa shape index (κ1) is 45.5. The van der Waals surface area contributed by atoms with E-state index in [4.69, 9.17) is 29.4 Å². The molecule has 10 heteroatoms. The molecule has 1 aromatic carbocycles. The van der Waals surface area contributed by atoms with Crippen LogP contribution in [0, 0.1) is 35.5 Å². The molecule has 3 aliphatic heterocycles. The van der Waals surface area contributed by atoms with Gasteiger partial charge in [0, 0.05) is 84.1 Å². The number of benzene rings is 1. The van der Waals surface area contributed by atoms with Crippen molar-refractivity contribution in [2.75, 3.05) is 52.4 Å². The van der Waals surface area contributed by atoms with Crippen LogP contribution in [0.3, 0.4) is 0 Å². The number of hydrogen-bond acceptors (Lipinski definition) is 4. The van der Waals surface area contributed by atoms with Crippen molar-refractivity contribution in [3.63, 3.8) is 0 Å². The van der Waals surface area contributed by atoms with Gasteiger partial charge in [0.15, 0.2) is 10.2 Å². The second kappa shape index (κ2) is 23.3. The summed E-state index contributed by atoms with van der Waals surface area (Å²) < 4.78 is 0. The van der Waals surface area contributed by atoms with Crippen LogP contribution in [0.15, 0.2) is 35.3 Å². The minimum atomic E-state index is -0.117. The zero-order chi connectivity index (χ0) is 41.0. The number of thiocarbonyl (C=S) groups is 2. The lowest BCUT2D eigenvalue weighted by Crippen LogP contribution is -2.40. The molecule has 5 fully saturated rings. The summed E-state index contributed by atoms with van der Waals surface area (Å²) >= 11 is 12.3. The zero-order valence-corrected chi connectivity index (χ0v) is 42.9. The van der Waals surface area contributed by atoms with Gasteiger partial charge in [0.05, 0.1) is 11.9 Å². The molecule has 0 spiro atoms. The largest absolute Gasteiger partial charge is 0.374 e. The molecule has 5 atom stereocenters. The van der Waals surface area contributed by atoms with Gasteiger partial charge in [-0.05, 0) is 129 Å². The van der Waals surface area contributed by atoms with Gasteiger partial charge in [-0.25, -0.2) is 0 Å². The third-order valence-electron chi connectivity index (χ3n) is 15.8. The average Bonchev–Trinajstić information content (AvgIpc) is 3.93. The summed E-state index contributed by atoms with van der Waals surface area (Å²) in [6.45, 7) is 13.9. The maximum Gasteiger partial charge on any atom is 0.172 e. The number of aliphatic imine (C=N–C) groups is 1. The number of nitrogens with zero attached hydrogens (tertiary/aromatic N) is 5. The Bertz CT molecular complexity index is 1470. The van der Waals surface area contributed by atoms with Gasteiger partial charge < -0.3 is 24.9 Å². The minimum Gasteiger partial charge on any atom is -0.374 e. The van der Waals surface area contributed by atoms with Gasteiger partial charge >= 0.3 is 0 Å². The van der Waals surface area contributed by atoms with Crippen LogP contribution in [-0.4, -0.2) is 114 Å². The molecule has 1 aromatic rings. The van der Waals surface area contributed by atoms with Crippen LogP contribution >= 0.6 is 24.4 Å². The van der Waals surface area contributed by atoms with Crippen LogP contribution in [0.25, 0.3) is 0 Å². The fourth-order valence-electron chi connectivity index (χ4n) is 12.3. The molecule has 0 amide bonds. The lowest BCUT2D eigenvalue weighted by Gasteiger charge is -2.35. The molecule has 0 bridgehead atoms. The van der Waals surface area contributed by atoms with Crippen LogP contribution in [0.5, 0.6) is 0 Å². The molecular formula is C49H84N6S2Si2. The van der Waals surface area contributed by atoms with E-state index in [1.54, 1.807) is 0 Å². The van der Waals surface area contributed by atoms with Gasteiger partial charge in [0.25, 0.3) is 0 Å². The van der Waals surface area contributed by atoms with Gasteiger partial charge in [-0.1, -0.05) is 114 Å². The monoisotopic (exact) mass is 877 g/mol. The molecule has 330 valence electrons. The van der Waals surface area contributed by atoms with Crippen LogP contribution in [-0.2, 0) is 0 Å². The number of amidine groups is 1. The molecule has 0 aromatic heterocycles. The highest BCUT2D eigenvalue weighted by atomic mass is 32.1. The van der Waals surface area contributed by atoms with Crippen molar-refractivity contribution in [1.82, 2.24) is 24.9 Å². The summed E-state index contributed by atoms with van der Waals surface area (Å²) in [4.78, 5) is 15.6. The van der Waals surface area contributed by atoms with E-state index in [1.165, 1.54) is 187 Å². The Hall–Kier alpha value is -1.50. The smallest absolute Gasteiger partial charge is 0.172 e. The fourth-order valence-corrected chi connectivity index (χ4v) is 15.4. The first-order chi connectivity index (χ1) is 28.8. The molecule has 2 saturated heterocycles. The van der Waals surface area contributed by atoms with Crippen molar-refractivity contribution in [2.45, 2.75) is 166 Å².